The molecule has 8 aromatic rings. The summed E-state index contributed by atoms with van der Waals surface area (Å²) in [5.74, 6) is 0. The van der Waals surface area contributed by atoms with Gasteiger partial charge in [0.05, 0.1) is 16.8 Å². The van der Waals surface area contributed by atoms with Gasteiger partial charge in [0, 0.05) is 27.5 Å². The van der Waals surface area contributed by atoms with Crippen LogP contribution < -0.4 is 4.90 Å². The summed E-state index contributed by atoms with van der Waals surface area (Å²) in [6.45, 7) is 9.38. The lowest BCUT2D eigenvalue weighted by molar-refractivity contribution is 0.660. The van der Waals surface area contributed by atoms with Gasteiger partial charge in [-0.05, 0) is 92.5 Å². The monoisotopic (exact) mass is 643 g/mol. The first kappa shape index (κ1) is 29.1. The summed E-state index contributed by atoms with van der Waals surface area (Å²) in [6, 6.07) is 55.6. The highest BCUT2D eigenvalue weighted by Crippen LogP contribution is 2.55. The van der Waals surface area contributed by atoms with E-state index in [9.17, 15) is 0 Å². The third-order valence-corrected chi connectivity index (χ3v) is 11.5. The van der Waals surface area contributed by atoms with Gasteiger partial charge >= 0.3 is 0 Å². The fraction of sp³-hybridized carbons (Fsp3) is 0.125. The number of hydrogen-bond acceptors (Lipinski definition) is 2. The van der Waals surface area contributed by atoms with Crippen molar-refractivity contribution in [3.05, 3.63) is 174 Å². The van der Waals surface area contributed by atoms with Crippen molar-refractivity contribution in [3.8, 4) is 33.4 Å². The minimum absolute atomic E-state index is 0.0209. The number of furan rings is 1. The first-order valence-electron chi connectivity index (χ1n) is 17.6. The molecule has 1 heterocycles. The predicted molar refractivity (Wildman–Crippen MR) is 209 cm³/mol. The molecule has 0 saturated heterocycles. The first-order valence-corrected chi connectivity index (χ1v) is 17.6. The molecule has 0 fully saturated rings. The third-order valence-electron chi connectivity index (χ3n) is 11.5. The van der Waals surface area contributed by atoms with Crippen molar-refractivity contribution in [2.75, 3.05) is 4.90 Å². The Balaban J connectivity index is 1.23. The van der Waals surface area contributed by atoms with Crippen LogP contribution in [0.1, 0.15) is 49.9 Å². The van der Waals surface area contributed by atoms with Crippen LogP contribution in [0.15, 0.2) is 156 Å². The summed E-state index contributed by atoms with van der Waals surface area (Å²) in [5, 5.41) is 2.24. The van der Waals surface area contributed by atoms with Crippen molar-refractivity contribution in [2.45, 2.75) is 38.5 Å². The summed E-state index contributed by atoms with van der Waals surface area (Å²) < 4.78 is 6.45. The van der Waals surface area contributed by atoms with E-state index < -0.39 is 0 Å². The van der Waals surface area contributed by atoms with Crippen molar-refractivity contribution in [2.24, 2.45) is 0 Å². The van der Waals surface area contributed by atoms with Gasteiger partial charge in [-0.3, -0.25) is 0 Å². The highest BCUT2D eigenvalue weighted by molar-refractivity contribution is 6.14. The van der Waals surface area contributed by atoms with E-state index in [4.69, 9.17) is 4.42 Å². The molecule has 0 spiro atoms. The minimum Gasteiger partial charge on any atom is -0.456 e. The molecule has 240 valence electrons. The first-order chi connectivity index (χ1) is 24.3. The Kier molecular flexibility index (Phi) is 6.01. The summed E-state index contributed by atoms with van der Waals surface area (Å²) in [6.07, 6.45) is 0. The molecule has 7 aromatic carbocycles. The number of anilines is 3. The van der Waals surface area contributed by atoms with Crippen LogP contribution >= 0.6 is 0 Å². The molecule has 0 N–H and O–H groups in total. The summed E-state index contributed by atoms with van der Waals surface area (Å²) in [7, 11) is 0. The van der Waals surface area contributed by atoms with Crippen LogP contribution in [0, 0.1) is 0 Å². The van der Waals surface area contributed by atoms with Crippen LogP contribution in [-0.4, -0.2) is 0 Å². The largest absolute Gasteiger partial charge is 0.456 e. The minimum atomic E-state index is -0.113. The molecule has 0 aliphatic heterocycles. The zero-order chi connectivity index (χ0) is 33.8. The van der Waals surface area contributed by atoms with Gasteiger partial charge in [0.1, 0.15) is 11.2 Å². The van der Waals surface area contributed by atoms with Crippen LogP contribution in [0.25, 0.3) is 55.3 Å². The molecular weight excluding hydrogens is 607 g/mol. The van der Waals surface area contributed by atoms with E-state index in [0.29, 0.717) is 0 Å². The van der Waals surface area contributed by atoms with Crippen LogP contribution in [0.3, 0.4) is 0 Å². The molecule has 0 bridgehead atoms. The van der Waals surface area contributed by atoms with Gasteiger partial charge in [0.25, 0.3) is 0 Å². The standard InChI is InChI=1S/C48H37NO/c1-47(2)37-19-8-5-16-33(37)36-29-31(26-27-39(36)47)30-14-11-15-32(28-30)49(42-23-13-25-44-46(42)35-18-7-10-24-43(35)50-44)41-22-12-21-40-45(41)34-17-6-9-20-38(34)48(40,3)4/h5-29H,1-4H3. The Labute approximate surface area is 293 Å². The van der Waals surface area contributed by atoms with Crippen LogP contribution in [0.2, 0.25) is 0 Å². The van der Waals surface area contributed by atoms with Crippen molar-refractivity contribution in [3.63, 3.8) is 0 Å². The molecule has 50 heavy (non-hydrogen) atoms. The lowest BCUT2D eigenvalue weighted by atomic mass is 9.82. The number of rotatable bonds is 4. The number of benzene rings is 7. The van der Waals surface area contributed by atoms with E-state index in [1.165, 1.54) is 61.3 Å². The zero-order valence-corrected chi connectivity index (χ0v) is 28.8. The fourth-order valence-corrected chi connectivity index (χ4v) is 9.00. The molecule has 2 aliphatic carbocycles. The van der Waals surface area contributed by atoms with Gasteiger partial charge in [0.15, 0.2) is 0 Å². The highest BCUT2D eigenvalue weighted by atomic mass is 16.3. The van der Waals surface area contributed by atoms with E-state index in [2.05, 4.69) is 178 Å². The van der Waals surface area contributed by atoms with Crippen molar-refractivity contribution in [1.82, 2.24) is 0 Å². The van der Waals surface area contributed by atoms with Crippen LogP contribution in [0.4, 0.5) is 17.1 Å². The molecule has 0 saturated carbocycles. The molecule has 0 atom stereocenters. The Hall–Kier alpha value is -5.86. The number of hydrogen-bond donors (Lipinski definition) is 0. The second-order valence-corrected chi connectivity index (χ2v) is 14.9. The maximum atomic E-state index is 6.45. The lowest BCUT2D eigenvalue weighted by Crippen LogP contribution is -2.16. The van der Waals surface area contributed by atoms with E-state index in [0.717, 1.165) is 33.3 Å². The molecule has 10 rings (SSSR count). The molecule has 0 unspecified atom stereocenters. The van der Waals surface area contributed by atoms with E-state index in [1.807, 2.05) is 6.07 Å². The summed E-state index contributed by atoms with van der Waals surface area (Å²) in [4.78, 5) is 2.47. The smallest absolute Gasteiger partial charge is 0.137 e. The van der Waals surface area contributed by atoms with E-state index in [-0.39, 0.29) is 10.8 Å². The number of para-hydroxylation sites is 1. The highest BCUT2D eigenvalue weighted by Gasteiger charge is 2.38. The van der Waals surface area contributed by atoms with Gasteiger partial charge in [0.2, 0.25) is 0 Å². The normalized spacial score (nSPS) is 14.7. The maximum absolute atomic E-state index is 6.45. The molecular formula is C48H37NO. The van der Waals surface area contributed by atoms with Gasteiger partial charge < -0.3 is 9.32 Å². The zero-order valence-electron chi connectivity index (χ0n) is 28.8. The Bertz CT molecular complexity index is 2670. The Morgan fingerprint density at radius 1 is 0.440 bits per heavy atom. The van der Waals surface area contributed by atoms with Crippen molar-refractivity contribution in [1.29, 1.82) is 0 Å². The van der Waals surface area contributed by atoms with Gasteiger partial charge in [-0.15, -0.1) is 0 Å². The average Bonchev–Trinajstić information content (AvgIpc) is 3.72. The predicted octanol–water partition coefficient (Wildman–Crippen LogP) is 13.3. The quantitative estimate of drug-likeness (QED) is 0.190. The van der Waals surface area contributed by atoms with Gasteiger partial charge in [-0.1, -0.05) is 137 Å². The van der Waals surface area contributed by atoms with E-state index >= 15 is 0 Å². The van der Waals surface area contributed by atoms with Crippen LogP contribution in [-0.2, 0) is 10.8 Å². The summed E-state index contributed by atoms with van der Waals surface area (Å²) >= 11 is 0. The SMILES string of the molecule is CC1(C)c2ccccc2-c2cc(-c3cccc(N(c4cccc5c4-c4ccccc4C5(C)C)c4cccc5oc6ccccc6c45)c3)ccc21. The second-order valence-electron chi connectivity index (χ2n) is 14.9. The molecule has 1 aromatic heterocycles. The molecule has 2 heteroatoms. The fourth-order valence-electron chi connectivity index (χ4n) is 9.00. The third kappa shape index (κ3) is 3.96. The van der Waals surface area contributed by atoms with Crippen LogP contribution in [0.5, 0.6) is 0 Å². The lowest BCUT2D eigenvalue weighted by Gasteiger charge is -2.29. The van der Waals surface area contributed by atoms with Gasteiger partial charge in [-0.2, -0.15) is 0 Å². The Morgan fingerprint density at radius 2 is 1.04 bits per heavy atom. The number of fused-ring (bicyclic) bond motifs is 9. The topological polar surface area (TPSA) is 16.4 Å². The van der Waals surface area contributed by atoms with Crippen molar-refractivity contribution < 1.29 is 4.42 Å². The molecule has 0 amide bonds. The maximum Gasteiger partial charge on any atom is 0.137 e. The number of nitrogens with zero attached hydrogens (tertiary/aromatic N) is 1. The van der Waals surface area contributed by atoms with Crippen molar-refractivity contribution >= 4 is 39.0 Å². The molecule has 2 nitrogen and oxygen atoms in total. The summed E-state index contributed by atoms with van der Waals surface area (Å²) in [5.41, 5.74) is 18.2. The Morgan fingerprint density at radius 3 is 1.90 bits per heavy atom. The second kappa shape index (κ2) is 10.3. The van der Waals surface area contributed by atoms with Gasteiger partial charge in [-0.25, -0.2) is 0 Å². The molecule has 0 radical (unpaired) electrons. The average molecular weight is 644 g/mol. The molecule has 2 aliphatic rings. The van der Waals surface area contributed by atoms with E-state index in [1.54, 1.807) is 0 Å².